The fourth-order valence-corrected chi connectivity index (χ4v) is 3.86. The fourth-order valence-electron chi connectivity index (χ4n) is 3.86. The molecule has 0 aromatic heterocycles. The summed E-state index contributed by atoms with van der Waals surface area (Å²) in [6, 6.07) is 9.90. The predicted octanol–water partition coefficient (Wildman–Crippen LogP) is 3.13. The van der Waals surface area contributed by atoms with Gasteiger partial charge in [-0.05, 0) is 42.3 Å². The Morgan fingerprint density at radius 3 is 2.44 bits per heavy atom. The van der Waals surface area contributed by atoms with Gasteiger partial charge in [0.15, 0.2) is 5.96 Å². The minimum Gasteiger partial charge on any atom is -0.378 e. The molecule has 32 heavy (non-hydrogen) atoms. The largest absolute Gasteiger partial charge is 0.378 e. The Hall–Kier alpha value is -3.04. The number of hydrogen-bond acceptors (Lipinski definition) is 4. The van der Waals surface area contributed by atoms with E-state index >= 15 is 0 Å². The number of nitrogens with one attached hydrogen (secondary N) is 1. The third-order valence-corrected chi connectivity index (χ3v) is 5.73. The molecule has 9 heteroatoms. The van der Waals surface area contributed by atoms with Crippen molar-refractivity contribution >= 4 is 29.4 Å². The van der Waals surface area contributed by atoms with E-state index in [9.17, 15) is 8.78 Å². The van der Waals surface area contributed by atoms with Crippen LogP contribution in [0.5, 0.6) is 0 Å². The van der Waals surface area contributed by atoms with Crippen LogP contribution in [0, 0.1) is 11.6 Å². The molecule has 2 heterocycles. The van der Waals surface area contributed by atoms with Crippen LogP contribution in [-0.2, 0) is 11.2 Å². The van der Waals surface area contributed by atoms with Crippen molar-refractivity contribution in [1.29, 1.82) is 0 Å². The Kier molecular flexibility index (Phi) is 6.96. The van der Waals surface area contributed by atoms with Gasteiger partial charge in [-0.2, -0.15) is 0 Å². The van der Waals surface area contributed by atoms with Crippen molar-refractivity contribution in [3.05, 3.63) is 53.6 Å². The number of aliphatic imine (C=N–C) groups is 2. The first kappa shape index (κ1) is 22.2. The van der Waals surface area contributed by atoms with Gasteiger partial charge in [0.05, 0.1) is 24.9 Å². The summed E-state index contributed by atoms with van der Waals surface area (Å²) < 4.78 is 31.8. The number of nitrogens with zero attached hydrogens (tertiary/aromatic N) is 4. The lowest BCUT2D eigenvalue weighted by atomic mass is 10.1. The van der Waals surface area contributed by atoms with Crippen molar-refractivity contribution < 1.29 is 13.5 Å². The zero-order chi connectivity index (χ0) is 22.5. The van der Waals surface area contributed by atoms with E-state index in [1.807, 2.05) is 6.07 Å². The van der Waals surface area contributed by atoms with Crippen LogP contribution in [0.4, 0.5) is 25.8 Å². The molecule has 0 saturated carbocycles. The average Bonchev–Trinajstić information content (AvgIpc) is 2.72. The zero-order valence-corrected chi connectivity index (χ0v) is 18.1. The maximum Gasteiger partial charge on any atom is 0.199 e. The van der Waals surface area contributed by atoms with Crippen molar-refractivity contribution in [1.82, 2.24) is 4.90 Å². The highest BCUT2D eigenvalue weighted by molar-refractivity contribution is 5.97. The van der Waals surface area contributed by atoms with Crippen LogP contribution in [0.15, 0.2) is 46.4 Å². The average molecular weight is 443 g/mol. The highest BCUT2D eigenvalue weighted by Crippen LogP contribution is 2.25. The summed E-state index contributed by atoms with van der Waals surface area (Å²) in [6.07, 6.45) is 2.07. The third-order valence-electron chi connectivity index (χ3n) is 5.73. The van der Waals surface area contributed by atoms with Crippen LogP contribution in [0.3, 0.4) is 0 Å². The summed E-state index contributed by atoms with van der Waals surface area (Å²) in [5.74, 6) is -1.25. The summed E-state index contributed by atoms with van der Waals surface area (Å²) in [5.41, 5.74) is 9.29. The van der Waals surface area contributed by atoms with Crippen molar-refractivity contribution in [2.24, 2.45) is 15.7 Å². The van der Waals surface area contributed by atoms with Gasteiger partial charge in [0.1, 0.15) is 18.0 Å². The molecule has 0 aliphatic carbocycles. The van der Waals surface area contributed by atoms with Crippen LogP contribution >= 0.6 is 0 Å². The van der Waals surface area contributed by atoms with Gasteiger partial charge in [0.2, 0.25) is 0 Å². The van der Waals surface area contributed by atoms with Gasteiger partial charge in [-0.25, -0.2) is 18.8 Å². The molecule has 0 spiro atoms. The van der Waals surface area contributed by atoms with E-state index in [0.717, 1.165) is 75.4 Å². The second-order valence-corrected chi connectivity index (χ2v) is 7.97. The molecule has 2 aromatic rings. The maximum absolute atomic E-state index is 13.2. The molecule has 4 rings (SSSR count). The molecule has 3 N–H and O–H groups in total. The molecule has 2 aliphatic rings. The minimum absolute atomic E-state index is 0.127. The molecule has 2 aromatic carbocycles. The number of guanidine groups is 1. The van der Waals surface area contributed by atoms with Gasteiger partial charge >= 0.3 is 0 Å². The van der Waals surface area contributed by atoms with Crippen molar-refractivity contribution in [3.63, 3.8) is 0 Å². The van der Waals surface area contributed by atoms with Crippen LogP contribution in [-0.4, -0.2) is 62.6 Å². The molecule has 2 saturated heterocycles. The van der Waals surface area contributed by atoms with Gasteiger partial charge in [0, 0.05) is 43.6 Å². The van der Waals surface area contributed by atoms with Gasteiger partial charge in [-0.1, -0.05) is 6.92 Å². The van der Waals surface area contributed by atoms with Gasteiger partial charge in [-0.3, -0.25) is 4.90 Å². The van der Waals surface area contributed by atoms with E-state index in [-0.39, 0.29) is 11.6 Å². The predicted molar refractivity (Wildman–Crippen MR) is 124 cm³/mol. The molecule has 2 fully saturated rings. The summed E-state index contributed by atoms with van der Waals surface area (Å²) >= 11 is 0. The molecule has 170 valence electrons. The lowest BCUT2D eigenvalue weighted by molar-refractivity contribution is -0.0660. The second-order valence-electron chi connectivity index (χ2n) is 7.97. The topological polar surface area (TPSA) is 78.5 Å². The number of piperazine rings is 1. The molecule has 2 aliphatic heterocycles. The number of rotatable bonds is 6. The summed E-state index contributed by atoms with van der Waals surface area (Å²) in [5, 5.41) is 3.09. The number of nitrogens with two attached hydrogens (primary N) is 1. The lowest BCUT2D eigenvalue weighted by Gasteiger charge is -2.43. The summed E-state index contributed by atoms with van der Waals surface area (Å²) in [4.78, 5) is 12.8. The monoisotopic (exact) mass is 442 g/mol. The molecule has 0 atom stereocenters. The molecule has 0 bridgehead atoms. The van der Waals surface area contributed by atoms with E-state index in [0.29, 0.717) is 6.04 Å². The molecule has 0 unspecified atom stereocenters. The first-order valence-corrected chi connectivity index (χ1v) is 10.8. The van der Waals surface area contributed by atoms with E-state index in [2.05, 4.69) is 44.2 Å². The molecule has 0 amide bonds. The molecule has 7 nitrogen and oxygen atoms in total. The Morgan fingerprint density at radius 2 is 1.81 bits per heavy atom. The van der Waals surface area contributed by atoms with E-state index in [4.69, 9.17) is 10.5 Å². The molecular formula is C23H28F2N6O. The van der Waals surface area contributed by atoms with Crippen LogP contribution in [0.1, 0.15) is 12.5 Å². The number of ether oxygens (including phenoxy) is 1. The number of aryl methyl sites for hydroxylation is 1. The lowest BCUT2D eigenvalue weighted by Crippen LogP contribution is -2.56. The Bertz CT molecular complexity index is 980. The smallest absolute Gasteiger partial charge is 0.199 e. The van der Waals surface area contributed by atoms with Crippen molar-refractivity contribution in [3.8, 4) is 0 Å². The molecule has 0 radical (unpaired) electrons. The molecular weight excluding hydrogens is 414 g/mol. The SMILES string of the molecule is CCc1cc(NC(N)=NC=Nc2cc(F)cc(F)c2)cc(N2CCN(C3COC3)CC2)c1. The quantitative estimate of drug-likeness (QED) is 0.531. The fraction of sp³-hybridized carbons (Fsp3) is 0.391. The first-order chi connectivity index (χ1) is 15.5. The highest BCUT2D eigenvalue weighted by atomic mass is 19.1. The maximum atomic E-state index is 13.2. The van der Waals surface area contributed by atoms with Crippen molar-refractivity contribution in [2.75, 3.05) is 49.6 Å². The first-order valence-electron chi connectivity index (χ1n) is 10.8. The van der Waals surface area contributed by atoms with Crippen LogP contribution < -0.4 is 16.0 Å². The normalized spacial score (nSPS) is 18.2. The zero-order valence-electron chi connectivity index (χ0n) is 18.1. The Balaban J connectivity index is 1.41. The number of halogens is 2. The van der Waals surface area contributed by atoms with Gasteiger partial charge in [-0.15, -0.1) is 0 Å². The third kappa shape index (κ3) is 5.60. The number of benzene rings is 2. The minimum atomic E-state index is -0.696. The van der Waals surface area contributed by atoms with Gasteiger partial charge in [0.25, 0.3) is 0 Å². The second kappa shape index (κ2) is 10.1. The summed E-state index contributed by atoms with van der Waals surface area (Å²) in [7, 11) is 0. The van der Waals surface area contributed by atoms with Crippen LogP contribution in [0.25, 0.3) is 0 Å². The van der Waals surface area contributed by atoms with Crippen LogP contribution in [0.2, 0.25) is 0 Å². The van der Waals surface area contributed by atoms with Crippen molar-refractivity contribution in [2.45, 2.75) is 19.4 Å². The number of anilines is 2. The number of hydrogen-bond donors (Lipinski definition) is 2. The van der Waals surface area contributed by atoms with E-state index in [1.165, 1.54) is 11.9 Å². The Labute approximate surface area is 186 Å². The highest BCUT2D eigenvalue weighted by Gasteiger charge is 2.29. The summed E-state index contributed by atoms with van der Waals surface area (Å²) in [6.45, 7) is 7.76. The van der Waals surface area contributed by atoms with E-state index < -0.39 is 11.6 Å². The standard InChI is InChI=1S/C23H28F2N6O/c1-2-16-7-20(29-23(26)28-15-27-19-10-17(24)9-18(25)11-19)12-21(8-16)30-3-5-31(6-4-30)22-13-32-14-22/h7-12,15,22H,2-6,13-14H2,1H3,(H3,26,27,28,29). The van der Waals surface area contributed by atoms with E-state index in [1.54, 1.807) is 0 Å². The van der Waals surface area contributed by atoms with Gasteiger partial charge < -0.3 is 20.7 Å². The Morgan fingerprint density at radius 1 is 1.09 bits per heavy atom.